The Morgan fingerprint density at radius 1 is 0.914 bits per heavy atom. The standard InChI is InChI=1S/C29H32FN5/c30-24-6-3-5-22(17-24)23-14-15-32-29(18-23)34-28-9-2-1-8-27(28)33-25-7-4-16-35(20-25)26-12-10-21(19-31)11-13-26/h3,5-6,10-15,17-18,25,27-28,33H,1-2,4,7-9,16,20H2,(H,32,34). The minimum atomic E-state index is -0.229. The molecule has 6 heteroatoms. The Morgan fingerprint density at radius 2 is 1.71 bits per heavy atom. The van der Waals surface area contributed by atoms with E-state index in [9.17, 15) is 4.39 Å². The van der Waals surface area contributed by atoms with Crippen LogP contribution in [0.5, 0.6) is 0 Å². The molecule has 5 rings (SSSR count). The van der Waals surface area contributed by atoms with E-state index in [2.05, 4.69) is 38.7 Å². The number of piperidine rings is 1. The molecule has 3 atom stereocenters. The van der Waals surface area contributed by atoms with Crippen LogP contribution in [-0.4, -0.2) is 36.2 Å². The van der Waals surface area contributed by atoms with Crippen LogP contribution < -0.4 is 15.5 Å². The van der Waals surface area contributed by atoms with Crippen LogP contribution in [0, 0.1) is 17.1 Å². The van der Waals surface area contributed by atoms with Gasteiger partial charge >= 0.3 is 0 Å². The van der Waals surface area contributed by atoms with Gasteiger partial charge in [0.25, 0.3) is 0 Å². The fraction of sp³-hybridized carbons (Fsp3) is 0.379. The number of aromatic nitrogens is 1. The lowest BCUT2D eigenvalue weighted by Gasteiger charge is -2.40. The van der Waals surface area contributed by atoms with Gasteiger partial charge in [-0.1, -0.05) is 25.0 Å². The minimum absolute atomic E-state index is 0.229. The first-order chi connectivity index (χ1) is 17.2. The zero-order valence-corrected chi connectivity index (χ0v) is 20.0. The van der Waals surface area contributed by atoms with Crippen LogP contribution in [0.25, 0.3) is 11.1 Å². The summed E-state index contributed by atoms with van der Waals surface area (Å²) in [5, 5.41) is 16.7. The fourth-order valence-electron chi connectivity index (χ4n) is 5.45. The summed E-state index contributed by atoms with van der Waals surface area (Å²) in [7, 11) is 0. The molecule has 0 amide bonds. The summed E-state index contributed by atoms with van der Waals surface area (Å²) in [6.07, 6.45) is 8.82. The number of benzene rings is 2. The van der Waals surface area contributed by atoms with Crippen LogP contribution in [0.1, 0.15) is 44.1 Å². The molecule has 1 aliphatic carbocycles. The van der Waals surface area contributed by atoms with Crippen molar-refractivity contribution in [3.63, 3.8) is 0 Å². The molecule has 0 bridgehead atoms. The van der Waals surface area contributed by atoms with Crippen LogP contribution in [0.3, 0.4) is 0 Å². The summed E-state index contributed by atoms with van der Waals surface area (Å²) in [4.78, 5) is 6.99. The Balaban J connectivity index is 1.24. The topological polar surface area (TPSA) is 64.0 Å². The van der Waals surface area contributed by atoms with Gasteiger partial charge in [-0.25, -0.2) is 9.37 Å². The first-order valence-electron chi connectivity index (χ1n) is 12.7. The van der Waals surface area contributed by atoms with Crippen molar-refractivity contribution in [3.8, 4) is 17.2 Å². The van der Waals surface area contributed by atoms with Gasteiger partial charge in [-0.2, -0.15) is 5.26 Å². The van der Waals surface area contributed by atoms with Gasteiger partial charge in [0.1, 0.15) is 11.6 Å². The molecular formula is C29H32FN5. The molecule has 2 fully saturated rings. The molecule has 2 aromatic carbocycles. The average Bonchev–Trinajstić information content (AvgIpc) is 2.90. The Labute approximate surface area is 207 Å². The van der Waals surface area contributed by atoms with Gasteiger partial charge in [-0.3, -0.25) is 0 Å². The predicted molar refractivity (Wildman–Crippen MR) is 139 cm³/mol. The zero-order chi connectivity index (χ0) is 24.0. The fourth-order valence-corrected chi connectivity index (χ4v) is 5.45. The molecular weight excluding hydrogens is 437 g/mol. The maximum atomic E-state index is 13.7. The molecule has 1 saturated carbocycles. The maximum Gasteiger partial charge on any atom is 0.126 e. The van der Waals surface area contributed by atoms with Gasteiger partial charge in [0.15, 0.2) is 0 Å². The summed E-state index contributed by atoms with van der Waals surface area (Å²) in [5.74, 6) is 0.612. The molecule has 35 heavy (non-hydrogen) atoms. The Hall–Kier alpha value is -3.43. The lowest BCUT2D eigenvalue weighted by Crippen LogP contribution is -2.54. The molecule has 3 aromatic rings. The van der Waals surface area contributed by atoms with E-state index in [0.717, 1.165) is 49.3 Å². The lowest BCUT2D eigenvalue weighted by molar-refractivity contribution is 0.293. The molecule has 1 aliphatic heterocycles. The molecule has 1 aromatic heterocycles. The number of nitrogens with zero attached hydrogens (tertiary/aromatic N) is 3. The van der Waals surface area contributed by atoms with Crippen LogP contribution in [0.15, 0.2) is 66.9 Å². The summed E-state index contributed by atoms with van der Waals surface area (Å²) < 4.78 is 13.7. The summed E-state index contributed by atoms with van der Waals surface area (Å²) in [6.45, 7) is 2.02. The number of nitriles is 1. The average molecular weight is 470 g/mol. The highest BCUT2D eigenvalue weighted by molar-refractivity contribution is 5.66. The first-order valence-corrected chi connectivity index (χ1v) is 12.7. The third-order valence-corrected chi connectivity index (χ3v) is 7.25. The van der Waals surface area contributed by atoms with Crippen molar-refractivity contribution in [2.45, 2.75) is 56.7 Å². The van der Waals surface area contributed by atoms with Crippen molar-refractivity contribution < 1.29 is 4.39 Å². The van der Waals surface area contributed by atoms with E-state index in [1.165, 1.54) is 31.0 Å². The Kier molecular flexibility index (Phi) is 7.25. The monoisotopic (exact) mass is 469 g/mol. The van der Waals surface area contributed by atoms with Crippen molar-refractivity contribution in [2.24, 2.45) is 0 Å². The smallest absolute Gasteiger partial charge is 0.126 e. The maximum absolute atomic E-state index is 13.7. The zero-order valence-electron chi connectivity index (χ0n) is 20.0. The van der Waals surface area contributed by atoms with E-state index in [1.54, 1.807) is 18.3 Å². The number of pyridine rings is 1. The van der Waals surface area contributed by atoms with Gasteiger partial charge in [-0.15, -0.1) is 0 Å². The van der Waals surface area contributed by atoms with E-state index in [4.69, 9.17) is 5.26 Å². The highest BCUT2D eigenvalue weighted by atomic mass is 19.1. The first kappa shape index (κ1) is 23.3. The van der Waals surface area contributed by atoms with Crippen LogP contribution in [0.4, 0.5) is 15.9 Å². The van der Waals surface area contributed by atoms with Crippen molar-refractivity contribution in [1.82, 2.24) is 10.3 Å². The Bertz CT molecular complexity index is 1170. The highest BCUT2D eigenvalue weighted by Crippen LogP contribution is 2.27. The van der Waals surface area contributed by atoms with Crippen molar-refractivity contribution in [2.75, 3.05) is 23.3 Å². The van der Waals surface area contributed by atoms with Gasteiger partial charge in [-0.05, 0) is 85.3 Å². The van der Waals surface area contributed by atoms with Crippen LogP contribution in [-0.2, 0) is 0 Å². The molecule has 180 valence electrons. The second kappa shape index (κ2) is 10.9. The number of halogens is 1. The molecule has 5 nitrogen and oxygen atoms in total. The van der Waals surface area contributed by atoms with E-state index in [0.29, 0.717) is 23.7 Å². The number of hydrogen-bond donors (Lipinski definition) is 2. The van der Waals surface area contributed by atoms with Crippen molar-refractivity contribution in [3.05, 3.63) is 78.2 Å². The second-order valence-corrected chi connectivity index (χ2v) is 9.69. The number of rotatable bonds is 6. The summed E-state index contributed by atoms with van der Waals surface area (Å²) in [5.41, 5.74) is 3.71. The molecule has 1 saturated heterocycles. The van der Waals surface area contributed by atoms with Gasteiger partial charge < -0.3 is 15.5 Å². The van der Waals surface area contributed by atoms with Crippen molar-refractivity contribution >= 4 is 11.5 Å². The SMILES string of the molecule is N#Cc1ccc(N2CCCC(NC3CCCCC3Nc3cc(-c4cccc(F)c4)ccn3)C2)cc1. The predicted octanol–water partition coefficient (Wildman–Crippen LogP) is 5.74. The quantitative estimate of drug-likeness (QED) is 0.482. The van der Waals surface area contributed by atoms with Gasteiger partial charge in [0.2, 0.25) is 0 Å². The molecule has 0 radical (unpaired) electrons. The molecule has 0 spiro atoms. The molecule has 3 unspecified atom stereocenters. The molecule has 2 N–H and O–H groups in total. The third kappa shape index (κ3) is 5.80. The number of nitrogens with one attached hydrogen (secondary N) is 2. The van der Waals surface area contributed by atoms with E-state index in [-0.39, 0.29) is 5.82 Å². The van der Waals surface area contributed by atoms with Crippen LogP contribution in [0.2, 0.25) is 0 Å². The van der Waals surface area contributed by atoms with E-state index in [1.807, 2.05) is 30.3 Å². The molecule has 2 heterocycles. The lowest BCUT2D eigenvalue weighted by atomic mass is 9.89. The number of hydrogen-bond acceptors (Lipinski definition) is 5. The van der Waals surface area contributed by atoms with Gasteiger partial charge in [0, 0.05) is 43.1 Å². The third-order valence-electron chi connectivity index (χ3n) is 7.25. The highest BCUT2D eigenvalue weighted by Gasteiger charge is 2.29. The Morgan fingerprint density at radius 3 is 2.51 bits per heavy atom. The normalized spacial score (nSPS) is 22.4. The largest absolute Gasteiger partial charge is 0.370 e. The van der Waals surface area contributed by atoms with E-state index >= 15 is 0 Å². The van der Waals surface area contributed by atoms with Crippen LogP contribution >= 0.6 is 0 Å². The molecule has 2 aliphatic rings. The summed E-state index contributed by atoms with van der Waals surface area (Å²) in [6, 6.07) is 21.9. The second-order valence-electron chi connectivity index (χ2n) is 9.69. The number of anilines is 2. The van der Waals surface area contributed by atoms with Crippen molar-refractivity contribution in [1.29, 1.82) is 5.26 Å². The van der Waals surface area contributed by atoms with E-state index < -0.39 is 0 Å². The van der Waals surface area contributed by atoms with Gasteiger partial charge in [0.05, 0.1) is 11.6 Å². The minimum Gasteiger partial charge on any atom is -0.370 e. The summed E-state index contributed by atoms with van der Waals surface area (Å²) >= 11 is 0.